The van der Waals surface area contributed by atoms with Crippen molar-refractivity contribution >= 4 is 10.0 Å². The van der Waals surface area contributed by atoms with Gasteiger partial charge in [-0.1, -0.05) is 6.07 Å². The molecular formula is C16H18FNO4S. The molecule has 0 saturated carbocycles. The predicted molar refractivity (Wildman–Crippen MR) is 84.8 cm³/mol. The van der Waals surface area contributed by atoms with E-state index in [1.54, 1.807) is 31.4 Å². The zero-order valence-electron chi connectivity index (χ0n) is 12.9. The summed E-state index contributed by atoms with van der Waals surface area (Å²) < 4.78 is 50.3. The van der Waals surface area contributed by atoms with Gasteiger partial charge >= 0.3 is 0 Å². The van der Waals surface area contributed by atoms with Crippen molar-refractivity contribution in [3.8, 4) is 11.5 Å². The van der Waals surface area contributed by atoms with Crippen molar-refractivity contribution < 1.29 is 22.3 Å². The SMILES string of the molecule is COc1cccc(OCCNS(=O)(=O)c2ccc(F)c(C)c2)c1. The summed E-state index contributed by atoms with van der Waals surface area (Å²) in [6.07, 6.45) is 0. The molecule has 0 aliphatic rings. The van der Waals surface area contributed by atoms with E-state index in [0.717, 1.165) is 6.07 Å². The summed E-state index contributed by atoms with van der Waals surface area (Å²) in [4.78, 5) is 0.0257. The standard InChI is InChI=1S/C16H18FNO4S/c1-12-10-15(6-7-16(12)17)23(19,20)18-8-9-22-14-5-3-4-13(11-14)21-2/h3-7,10-11,18H,8-9H2,1-2H3. The molecular weight excluding hydrogens is 321 g/mol. The van der Waals surface area contributed by atoms with Gasteiger partial charge in [-0.25, -0.2) is 17.5 Å². The number of halogens is 1. The van der Waals surface area contributed by atoms with Crippen LogP contribution in [0.5, 0.6) is 11.5 Å². The van der Waals surface area contributed by atoms with Gasteiger partial charge in [0, 0.05) is 12.6 Å². The maximum Gasteiger partial charge on any atom is 0.240 e. The van der Waals surface area contributed by atoms with E-state index in [9.17, 15) is 12.8 Å². The quantitative estimate of drug-likeness (QED) is 0.787. The molecule has 124 valence electrons. The van der Waals surface area contributed by atoms with Gasteiger partial charge in [0.15, 0.2) is 0 Å². The van der Waals surface area contributed by atoms with Crippen LogP contribution in [0, 0.1) is 12.7 Å². The van der Waals surface area contributed by atoms with Gasteiger partial charge in [0.25, 0.3) is 0 Å². The summed E-state index contributed by atoms with van der Waals surface area (Å²) in [5.41, 5.74) is 0.278. The fraction of sp³-hybridized carbons (Fsp3) is 0.250. The Morgan fingerprint density at radius 3 is 2.57 bits per heavy atom. The second kappa shape index (κ2) is 7.43. The average molecular weight is 339 g/mol. The lowest BCUT2D eigenvalue weighted by Gasteiger charge is -2.10. The normalized spacial score (nSPS) is 11.3. The molecule has 0 heterocycles. The van der Waals surface area contributed by atoms with Gasteiger partial charge in [0.05, 0.1) is 12.0 Å². The smallest absolute Gasteiger partial charge is 0.240 e. The van der Waals surface area contributed by atoms with Crippen LogP contribution in [0.4, 0.5) is 4.39 Å². The first-order valence-electron chi connectivity index (χ1n) is 6.95. The highest BCUT2D eigenvalue weighted by atomic mass is 32.2. The number of benzene rings is 2. The maximum atomic E-state index is 13.2. The minimum Gasteiger partial charge on any atom is -0.497 e. The molecule has 0 aliphatic heterocycles. The average Bonchev–Trinajstić information content (AvgIpc) is 2.54. The van der Waals surface area contributed by atoms with Crippen LogP contribution < -0.4 is 14.2 Å². The molecule has 1 N–H and O–H groups in total. The molecule has 0 saturated heterocycles. The van der Waals surface area contributed by atoms with E-state index in [1.165, 1.54) is 19.1 Å². The van der Waals surface area contributed by atoms with Crippen molar-refractivity contribution in [2.75, 3.05) is 20.3 Å². The van der Waals surface area contributed by atoms with Gasteiger partial charge in [0.2, 0.25) is 10.0 Å². The van der Waals surface area contributed by atoms with E-state index in [1.807, 2.05) is 0 Å². The molecule has 0 aliphatic carbocycles. The molecule has 0 fully saturated rings. The summed E-state index contributed by atoms with van der Waals surface area (Å²) in [5, 5.41) is 0. The Kier molecular flexibility index (Phi) is 5.57. The Hall–Kier alpha value is -2.12. The minimum absolute atomic E-state index is 0.0257. The Balaban J connectivity index is 1.90. The van der Waals surface area contributed by atoms with Gasteiger partial charge in [0.1, 0.15) is 23.9 Å². The molecule has 5 nitrogen and oxygen atoms in total. The van der Waals surface area contributed by atoms with Crippen LogP contribution in [0.3, 0.4) is 0 Å². The van der Waals surface area contributed by atoms with Crippen molar-refractivity contribution in [2.24, 2.45) is 0 Å². The number of nitrogens with one attached hydrogen (secondary N) is 1. The van der Waals surface area contributed by atoms with Crippen LogP contribution in [0.2, 0.25) is 0 Å². The molecule has 23 heavy (non-hydrogen) atoms. The fourth-order valence-corrected chi connectivity index (χ4v) is 3.00. The van der Waals surface area contributed by atoms with Crippen molar-refractivity contribution in [2.45, 2.75) is 11.8 Å². The number of methoxy groups -OCH3 is 1. The fourth-order valence-electron chi connectivity index (χ4n) is 1.90. The first-order chi connectivity index (χ1) is 10.9. The third kappa shape index (κ3) is 4.67. The van der Waals surface area contributed by atoms with Gasteiger partial charge in [-0.05, 0) is 42.8 Å². The number of sulfonamides is 1. The molecule has 0 radical (unpaired) electrons. The topological polar surface area (TPSA) is 64.6 Å². The first kappa shape index (κ1) is 17.2. The molecule has 0 aromatic heterocycles. The molecule has 7 heteroatoms. The van der Waals surface area contributed by atoms with E-state index in [4.69, 9.17) is 9.47 Å². The molecule has 0 atom stereocenters. The summed E-state index contributed by atoms with van der Waals surface area (Å²) in [7, 11) is -2.13. The highest BCUT2D eigenvalue weighted by Gasteiger charge is 2.14. The van der Waals surface area contributed by atoms with Crippen molar-refractivity contribution in [1.82, 2.24) is 4.72 Å². The lowest BCUT2D eigenvalue weighted by molar-refractivity contribution is 0.320. The molecule has 2 rings (SSSR count). The summed E-state index contributed by atoms with van der Waals surface area (Å²) in [6, 6.07) is 10.7. The second-order valence-electron chi connectivity index (χ2n) is 4.84. The monoisotopic (exact) mass is 339 g/mol. The second-order valence-corrected chi connectivity index (χ2v) is 6.60. The Morgan fingerprint density at radius 1 is 1.13 bits per heavy atom. The summed E-state index contributed by atoms with van der Waals surface area (Å²) >= 11 is 0. The van der Waals surface area contributed by atoms with Crippen molar-refractivity contribution in [3.63, 3.8) is 0 Å². The van der Waals surface area contributed by atoms with E-state index < -0.39 is 15.8 Å². The van der Waals surface area contributed by atoms with Crippen LogP contribution in [0.1, 0.15) is 5.56 Å². The molecule has 0 spiro atoms. The Morgan fingerprint density at radius 2 is 1.87 bits per heavy atom. The maximum absolute atomic E-state index is 13.2. The van der Waals surface area contributed by atoms with Crippen molar-refractivity contribution in [1.29, 1.82) is 0 Å². The zero-order chi connectivity index (χ0) is 16.9. The van der Waals surface area contributed by atoms with Gasteiger partial charge in [-0.2, -0.15) is 0 Å². The molecule has 0 amide bonds. The van der Waals surface area contributed by atoms with Gasteiger partial charge < -0.3 is 9.47 Å². The Labute approximate surface area is 135 Å². The summed E-state index contributed by atoms with van der Waals surface area (Å²) in [5.74, 6) is 0.802. The van der Waals surface area contributed by atoms with Crippen LogP contribution in [0.15, 0.2) is 47.4 Å². The van der Waals surface area contributed by atoms with Gasteiger partial charge in [-0.15, -0.1) is 0 Å². The van der Waals surface area contributed by atoms with Crippen molar-refractivity contribution in [3.05, 3.63) is 53.8 Å². The zero-order valence-corrected chi connectivity index (χ0v) is 13.7. The van der Waals surface area contributed by atoms with E-state index in [2.05, 4.69) is 4.72 Å². The number of hydrogen-bond acceptors (Lipinski definition) is 4. The largest absolute Gasteiger partial charge is 0.497 e. The highest BCUT2D eigenvalue weighted by molar-refractivity contribution is 7.89. The third-order valence-electron chi connectivity index (χ3n) is 3.14. The van der Waals surface area contributed by atoms with Crippen LogP contribution in [-0.4, -0.2) is 28.7 Å². The summed E-state index contributed by atoms with van der Waals surface area (Å²) in [6.45, 7) is 1.77. The lowest BCUT2D eigenvalue weighted by atomic mass is 10.2. The number of hydrogen-bond donors (Lipinski definition) is 1. The minimum atomic E-state index is -3.69. The van der Waals surface area contributed by atoms with E-state index >= 15 is 0 Å². The number of aryl methyl sites for hydroxylation is 1. The number of rotatable bonds is 7. The molecule has 2 aromatic rings. The lowest BCUT2D eigenvalue weighted by Crippen LogP contribution is -2.28. The third-order valence-corrected chi connectivity index (χ3v) is 4.60. The molecule has 0 unspecified atom stereocenters. The van der Waals surface area contributed by atoms with Crippen LogP contribution in [0.25, 0.3) is 0 Å². The molecule has 2 aromatic carbocycles. The van der Waals surface area contributed by atoms with E-state index in [-0.39, 0.29) is 23.6 Å². The van der Waals surface area contributed by atoms with E-state index in [0.29, 0.717) is 11.5 Å². The highest BCUT2D eigenvalue weighted by Crippen LogP contribution is 2.18. The molecule has 0 bridgehead atoms. The predicted octanol–water partition coefficient (Wildman–Crippen LogP) is 2.50. The number of ether oxygens (including phenoxy) is 2. The van der Waals surface area contributed by atoms with Gasteiger partial charge in [-0.3, -0.25) is 0 Å². The van der Waals surface area contributed by atoms with Crippen LogP contribution in [-0.2, 0) is 10.0 Å². The Bertz CT molecular complexity index is 777. The van der Waals surface area contributed by atoms with Crippen LogP contribution >= 0.6 is 0 Å². The first-order valence-corrected chi connectivity index (χ1v) is 8.43.